The molecule has 2 aliphatic rings. The van der Waals surface area contributed by atoms with Gasteiger partial charge in [0.25, 0.3) is 5.88 Å². The summed E-state index contributed by atoms with van der Waals surface area (Å²) in [6, 6.07) is 12.7. The van der Waals surface area contributed by atoms with Gasteiger partial charge in [-0.05, 0) is 30.7 Å². The van der Waals surface area contributed by atoms with E-state index < -0.39 is 5.92 Å². The highest BCUT2D eigenvalue weighted by Crippen LogP contribution is 2.41. The lowest BCUT2D eigenvalue weighted by Gasteiger charge is -2.27. The van der Waals surface area contributed by atoms with Crippen LogP contribution in [0.25, 0.3) is 0 Å². The van der Waals surface area contributed by atoms with Gasteiger partial charge in [-0.25, -0.2) is 0 Å². The third-order valence-corrected chi connectivity index (χ3v) is 5.55. The van der Waals surface area contributed by atoms with Gasteiger partial charge in [0.1, 0.15) is 11.5 Å². The lowest BCUT2D eigenvalue weighted by Crippen LogP contribution is -2.40. The molecule has 1 atom stereocenters. The van der Waals surface area contributed by atoms with Crippen molar-refractivity contribution in [3.8, 4) is 5.88 Å². The van der Waals surface area contributed by atoms with Crippen LogP contribution in [0, 0.1) is 0 Å². The predicted octanol–water partition coefficient (Wildman–Crippen LogP) is 3.29. The number of hydrogen-bond donors (Lipinski definition) is 4. The molecule has 0 spiro atoms. The van der Waals surface area contributed by atoms with Crippen molar-refractivity contribution in [3.05, 3.63) is 63.6 Å². The molecular weight excluding hydrogens is 429 g/mol. The summed E-state index contributed by atoms with van der Waals surface area (Å²) in [4.78, 5) is 27.2. The van der Waals surface area contributed by atoms with E-state index in [0.29, 0.717) is 27.0 Å². The summed E-state index contributed by atoms with van der Waals surface area (Å²) in [5.41, 5.74) is 14.4. The normalized spacial score (nSPS) is 17.1. The Balaban J connectivity index is 1.53. The fourth-order valence-electron chi connectivity index (χ4n) is 3.51. The van der Waals surface area contributed by atoms with Crippen LogP contribution >= 0.6 is 23.2 Å². The van der Waals surface area contributed by atoms with Crippen molar-refractivity contribution >= 4 is 52.3 Å². The number of hydrazine groups is 2. The van der Waals surface area contributed by atoms with E-state index in [1.807, 2.05) is 24.3 Å². The Hall–Kier alpha value is -3.27. The minimum absolute atomic E-state index is 0.0290. The number of nitrogens with one attached hydrogen (secondary N) is 3. The molecule has 0 saturated carbocycles. The Morgan fingerprint density at radius 1 is 1.10 bits per heavy atom. The van der Waals surface area contributed by atoms with E-state index in [9.17, 15) is 4.79 Å². The average molecular weight is 444 g/mol. The molecule has 2 aliphatic heterocycles. The lowest BCUT2D eigenvalue weighted by molar-refractivity contribution is -0.117. The number of amides is 1. The SMILES string of the molecule is Nc1nc2c(c(ON3NNc4ccccc43)n1)CC(c1c(Cl)cccc1Cl)C(=O)N2. The number of carbonyl (C=O) groups is 1. The zero-order chi connectivity index (χ0) is 20.8. The number of rotatable bonds is 3. The van der Waals surface area contributed by atoms with E-state index in [-0.39, 0.29) is 24.2 Å². The maximum atomic E-state index is 12.8. The number of carbonyl (C=O) groups excluding carboxylic acids is 1. The average Bonchev–Trinajstić information content (AvgIpc) is 3.11. The van der Waals surface area contributed by atoms with Crippen molar-refractivity contribution in [3.63, 3.8) is 0 Å². The summed E-state index contributed by atoms with van der Waals surface area (Å²) in [5.74, 6) is -0.448. The molecule has 152 valence electrons. The zero-order valence-electron chi connectivity index (χ0n) is 15.3. The van der Waals surface area contributed by atoms with Crippen molar-refractivity contribution in [1.82, 2.24) is 15.5 Å². The van der Waals surface area contributed by atoms with Gasteiger partial charge < -0.3 is 15.9 Å². The Morgan fingerprint density at radius 3 is 2.67 bits per heavy atom. The Kier molecular flexibility index (Phi) is 4.50. The van der Waals surface area contributed by atoms with Crippen LogP contribution in [0.4, 0.5) is 23.1 Å². The van der Waals surface area contributed by atoms with Crippen molar-refractivity contribution in [2.24, 2.45) is 0 Å². The number of fused-ring (bicyclic) bond motifs is 2. The van der Waals surface area contributed by atoms with Gasteiger partial charge >= 0.3 is 0 Å². The molecule has 3 aromatic rings. The van der Waals surface area contributed by atoms with Gasteiger partial charge in [0.2, 0.25) is 11.9 Å². The summed E-state index contributed by atoms with van der Waals surface area (Å²) < 4.78 is 0. The standard InChI is InChI=1S/C19H15Cl2N7O2/c20-11-4-3-5-12(21)15(11)9-8-10-16(23-17(9)29)24-19(22)25-18(10)30-28-14-7-2-1-6-13(14)26-27-28/h1-7,9,26-27H,8H2,(H3,22,23,24,25,29). The molecule has 3 heterocycles. The number of hydrogen-bond acceptors (Lipinski definition) is 8. The fourth-order valence-corrected chi connectivity index (χ4v) is 4.17. The monoisotopic (exact) mass is 443 g/mol. The number of halogens is 2. The second-order valence-corrected chi connectivity index (χ2v) is 7.55. The highest BCUT2D eigenvalue weighted by molar-refractivity contribution is 6.36. The van der Waals surface area contributed by atoms with Gasteiger partial charge in [-0.3, -0.25) is 10.2 Å². The van der Waals surface area contributed by atoms with Crippen molar-refractivity contribution in [1.29, 1.82) is 0 Å². The molecule has 2 aromatic carbocycles. The largest absolute Gasteiger partial charge is 0.368 e. The molecule has 1 amide bonds. The minimum atomic E-state index is -0.634. The van der Waals surface area contributed by atoms with Crippen LogP contribution in [0.1, 0.15) is 17.0 Å². The smallest absolute Gasteiger partial charge is 0.258 e. The third-order valence-electron chi connectivity index (χ3n) is 4.89. The molecule has 0 bridgehead atoms. The van der Waals surface area contributed by atoms with Gasteiger partial charge in [-0.15, -0.1) is 10.7 Å². The van der Waals surface area contributed by atoms with E-state index in [1.165, 1.54) is 5.17 Å². The Labute approximate surface area is 181 Å². The van der Waals surface area contributed by atoms with E-state index in [2.05, 4.69) is 26.2 Å². The second kappa shape index (κ2) is 7.21. The maximum Gasteiger partial charge on any atom is 0.258 e. The van der Waals surface area contributed by atoms with E-state index in [4.69, 9.17) is 33.8 Å². The van der Waals surface area contributed by atoms with E-state index in [1.54, 1.807) is 18.2 Å². The van der Waals surface area contributed by atoms with Crippen molar-refractivity contribution in [2.45, 2.75) is 12.3 Å². The third kappa shape index (κ3) is 3.13. The van der Waals surface area contributed by atoms with Gasteiger partial charge in [-0.1, -0.05) is 41.4 Å². The van der Waals surface area contributed by atoms with Gasteiger partial charge in [0, 0.05) is 15.6 Å². The minimum Gasteiger partial charge on any atom is -0.368 e. The summed E-state index contributed by atoms with van der Waals surface area (Å²) in [6.45, 7) is 0. The molecule has 5 N–H and O–H groups in total. The topological polar surface area (TPSA) is 117 Å². The summed E-state index contributed by atoms with van der Waals surface area (Å²) in [6.07, 6.45) is 0.239. The molecule has 0 radical (unpaired) electrons. The molecule has 9 nitrogen and oxygen atoms in total. The molecular formula is C19H15Cl2N7O2. The molecule has 0 saturated heterocycles. The number of benzene rings is 2. The molecule has 1 unspecified atom stereocenters. The van der Waals surface area contributed by atoms with Crippen LogP contribution in [0.15, 0.2) is 42.5 Å². The number of nitrogens with zero attached hydrogens (tertiary/aromatic N) is 3. The van der Waals surface area contributed by atoms with Crippen LogP contribution in [0.3, 0.4) is 0 Å². The number of para-hydroxylation sites is 2. The Bertz CT molecular complexity index is 1150. The van der Waals surface area contributed by atoms with Gasteiger partial charge in [0.05, 0.1) is 17.2 Å². The second-order valence-electron chi connectivity index (χ2n) is 6.74. The van der Waals surface area contributed by atoms with Crippen molar-refractivity contribution in [2.75, 3.05) is 21.6 Å². The number of nitrogen functional groups attached to an aromatic ring is 1. The Morgan fingerprint density at radius 2 is 1.87 bits per heavy atom. The highest BCUT2D eigenvalue weighted by atomic mass is 35.5. The number of anilines is 4. The lowest BCUT2D eigenvalue weighted by atomic mass is 9.89. The quantitative estimate of drug-likeness (QED) is 0.486. The molecule has 30 heavy (non-hydrogen) atoms. The van der Waals surface area contributed by atoms with E-state index in [0.717, 1.165) is 11.4 Å². The first-order valence-electron chi connectivity index (χ1n) is 9.01. The van der Waals surface area contributed by atoms with Crippen molar-refractivity contribution < 1.29 is 9.63 Å². The first kappa shape index (κ1) is 18.7. The molecule has 0 aliphatic carbocycles. The van der Waals surface area contributed by atoms with Crippen LogP contribution in [0.2, 0.25) is 10.0 Å². The number of nitrogens with two attached hydrogens (primary N) is 1. The van der Waals surface area contributed by atoms with Gasteiger partial charge in [-0.2, -0.15) is 9.97 Å². The van der Waals surface area contributed by atoms with Gasteiger partial charge in [0.15, 0.2) is 0 Å². The molecule has 11 heteroatoms. The van der Waals surface area contributed by atoms with Crippen LogP contribution in [-0.4, -0.2) is 15.9 Å². The molecule has 5 rings (SSSR count). The summed E-state index contributed by atoms with van der Waals surface area (Å²) in [5, 5.41) is 5.00. The molecule has 1 aromatic heterocycles. The summed E-state index contributed by atoms with van der Waals surface area (Å²) >= 11 is 12.7. The first-order chi connectivity index (χ1) is 14.5. The van der Waals surface area contributed by atoms with E-state index >= 15 is 0 Å². The van der Waals surface area contributed by atoms with Crippen LogP contribution in [0.5, 0.6) is 5.88 Å². The first-order valence-corrected chi connectivity index (χ1v) is 9.77. The predicted molar refractivity (Wildman–Crippen MR) is 114 cm³/mol. The maximum absolute atomic E-state index is 12.8. The van der Waals surface area contributed by atoms with Crippen LogP contribution in [-0.2, 0) is 11.2 Å². The highest BCUT2D eigenvalue weighted by Gasteiger charge is 2.35. The molecule has 0 fully saturated rings. The summed E-state index contributed by atoms with van der Waals surface area (Å²) in [7, 11) is 0. The zero-order valence-corrected chi connectivity index (χ0v) is 16.8. The number of aromatic nitrogens is 2. The van der Waals surface area contributed by atoms with Crippen LogP contribution < -0.4 is 32.0 Å². The fraction of sp³-hybridized carbons (Fsp3) is 0.105.